The number of hydrogen-bond acceptors (Lipinski definition) is 3. The van der Waals surface area contributed by atoms with Gasteiger partial charge in [-0.1, -0.05) is 18.2 Å². The predicted molar refractivity (Wildman–Crippen MR) is 77.8 cm³/mol. The number of aliphatic hydroxyl groups excluding tert-OH is 1. The first-order valence-electron chi connectivity index (χ1n) is 6.66. The van der Waals surface area contributed by atoms with Crippen molar-refractivity contribution in [1.82, 2.24) is 9.88 Å². The van der Waals surface area contributed by atoms with Gasteiger partial charge in [-0.25, -0.2) is 0 Å². The van der Waals surface area contributed by atoms with Crippen molar-refractivity contribution in [3.63, 3.8) is 0 Å². The predicted octanol–water partition coefficient (Wildman–Crippen LogP) is 1.40. The molecule has 2 aromatic rings. The number of nitrogens with zero attached hydrogens (tertiary/aromatic N) is 1. The molecule has 1 heterocycles. The SMILES string of the molecule is COCCn1c(C(=O)NC(C)CO)cc2ccccc21. The van der Waals surface area contributed by atoms with E-state index in [-0.39, 0.29) is 18.6 Å². The number of rotatable bonds is 6. The number of carbonyl (C=O) groups excluding carboxylic acids is 1. The molecule has 2 rings (SSSR count). The molecule has 1 aromatic carbocycles. The number of aromatic nitrogens is 1. The van der Waals surface area contributed by atoms with Gasteiger partial charge in [0.05, 0.1) is 13.2 Å². The summed E-state index contributed by atoms with van der Waals surface area (Å²) in [6, 6.07) is 9.45. The Labute approximate surface area is 118 Å². The van der Waals surface area contributed by atoms with Gasteiger partial charge >= 0.3 is 0 Å². The van der Waals surface area contributed by atoms with Gasteiger partial charge in [0.15, 0.2) is 0 Å². The Bertz CT molecular complexity index is 592. The minimum atomic E-state index is -0.267. The van der Waals surface area contributed by atoms with Crippen molar-refractivity contribution >= 4 is 16.8 Å². The molecule has 20 heavy (non-hydrogen) atoms. The summed E-state index contributed by atoms with van der Waals surface area (Å²) in [7, 11) is 1.64. The van der Waals surface area contributed by atoms with Gasteiger partial charge in [-0.15, -0.1) is 0 Å². The van der Waals surface area contributed by atoms with Crippen molar-refractivity contribution < 1.29 is 14.6 Å². The number of amides is 1. The van der Waals surface area contributed by atoms with E-state index < -0.39 is 0 Å². The normalized spacial score (nSPS) is 12.6. The summed E-state index contributed by atoms with van der Waals surface area (Å²) < 4.78 is 7.05. The zero-order valence-electron chi connectivity index (χ0n) is 11.8. The van der Waals surface area contributed by atoms with Crippen LogP contribution in [0.1, 0.15) is 17.4 Å². The fourth-order valence-corrected chi connectivity index (χ4v) is 2.17. The van der Waals surface area contributed by atoms with Crippen molar-refractivity contribution in [2.75, 3.05) is 20.3 Å². The lowest BCUT2D eigenvalue weighted by molar-refractivity contribution is 0.0911. The molecule has 0 bridgehead atoms. The van der Waals surface area contributed by atoms with Crippen LogP contribution in [-0.4, -0.2) is 41.9 Å². The molecule has 0 aliphatic rings. The zero-order valence-corrected chi connectivity index (χ0v) is 11.8. The van der Waals surface area contributed by atoms with Crippen LogP contribution in [0, 0.1) is 0 Å². The Morgan fingerprint density at radius 1 is 1.45 bits per heavy atom. The lowest BCUT2D eigenvalue weighted by Crippen LogP contribution is -2.36. The van der Waals surface area contributed by atoms with Gasteiger partial charge in [0.2, 0.25) is 0 Å². The summed E-state index contributed by atoms with van der Waals surface area (Å²) in [6.07, 6.45) is 0. The summed E-state index contributed by atoms with van der Waals surface area (Å²) in [6.45, 7) is 2.83. The number of nitrogens with one attached hydrogen (secondary N) is 1. The van der Waals surface area contributed by atoms with E-state index >= 15 is 0 Å². The third-order valence-electron chi connectivity index (χ3n) is 3.21. The molecule has 0 aliphatic heterocycles. The van der Waals surface area contributed by atoms with Crippen molar-refractivity contribution in [1.29, 1.82) is 0 Å². The number of hydrogen-bond donors (Lipinski definition) is 2. The maximum Gasteiger partial charge on any atom is 0.268 e. The molecule has 0 saturated carbocycles. The molecule has 5 nitrogen and oxygen atoms in total. The second kappa shape index (κ2) is 6.54. The Balaban J connectivity index is 2.37. The highest BCUT2D eigenvalue weighted by atomic mass is 16.5. The molecular weight excluding hydrogens is 256 g/mol. The highest BCUT2D eigenvalue weighted by Gasteiger charge is 2.16. The molecule has 108 valence electrons. The van der Waals surface area contributed by atoms with Crippen molar-refractivity contribution in [3.8, 4) is 0 Å². The average Bonchev–Trinajstić information content (AvgIpc) is 2.83. The minimum Gasteiger partial charge on any atom is -0.394 e. The summed E-state index contributed by atoms with van der Waals surface area (Å²) in [4.78, 5) is 12.3. The molecule has 0 radical (unpaired) electrons. The van der Waals surface area contributed by atoms with Gasteiger partial charge in [-0.05, 0) is 19.1 Å². The van der Waals surface area contributed by atoms with Crippen LogP contribution >= 0.6 is 0 Å². The molecule has 0 spiro atoms. The standard InChI is InChI=1S/C15H20N2O3/c1-11(10-18)16-15(19)14-9-12-5-3-4-6-13(12)17(14)7-8-20-2/h3-6,9,11,18H,7-8,10H2,1-2H3,(H,16,19). The zero-order chi connectivity index (χ0) is 14.5. The van der Waals surface area contributed by atoms with Gasteiger partial charge in [-0.2, -0.15) is 0 Å². The van der Waals surface area contributed by atoms with Crippen LogP contribution < -0.4 is 5.32 Å². The third kappa shape index (κ3) is 3.00. The van der Waals surface area contributed by atoms with E-state index in [0.29, 0.717) is 18.8 Å². The monoisotopic (exact) mass is 276 g/mol. The van der Waals surface area contributed by atoms with E-state index in [0.717, 1.165) is 10.9 Å². The highest BCUT2D eigenvalue weighted by molar-refractivity contribution is 5.98. The van der Waals surface area contributed by atoms with Crippen LogP contribution in [0.25, 0.3) is 10.9 Å². The highest BCUT2D eigenvalue weighted by Crippen LogP contribution is 2.19. The van der Waals surface area contributed by atoms with Crippen molar-refractivity contribution in [3.05, 3.63) is 36.0 Å². The molecule has 5 heteroatoms. The van der Waals surface area contributed by atoms with Crippen LogP contribution in [0.4, 0.5) is 0 Å². The molecule has 1 atom stereocenters. The summed E-state index contributed by atoms with van der Waals surface area (Å²) in [5, 5.41) is 12.8. The third-order valence-corrected chi connectivity index (χ3v) is 3.21. The Morgan fingerprint density at radius 2 is 2.20 bits per heavy atom. The number of methoxy groups -OCH3 is 1. The van der Waals surface area contributed by atoms with E-state index in [2.05, 4.69) is 5.32 Å². The largest absolute Gasteiger partial charge is 0.394 e. The van der Waals surface area contributed by atoms with Crippen molar-refractivity contribution in [2.45, 2.75) is 19.5 Å². The molecular formula is C15H20N2O3. The number of aliphatic hydroxyl groups is 1. The lowest BCUT2D eigenvalue weighted by atomic mass is 10.2. The first kappa shape index (κ1) is 14.6. The molecule has 1 aromatic heterocycles. The molecule has 1 amide bonds. The van der Waals surface area contributed by atoms with Gasteiger partial charge in [0.25, 0.3) is 5.91 Å². The number of benzene rings is 1. The van der Waals surface area contributed by atoms with E-state index in [1.165, 1.54) is 0 Å². The minimum absolute atomic E-state index is 0.0793. The molecule has 0 aliphatic carbocycles. The second-order valence-electron chi connectivity index (χ2n) is 4.79. The van der Waals surface area contributed by atoms with E-state index in [9.17, 15) is 4.79 Å². The topological polar surface area (TPSA) is 63.5 Å². The van der Waals surface area contributed by atoms with Crippen LogP contribution in [0.5, 0.6) is 0 Å². The number of para-hydroxylation sites is 1. The van der Waals surface area contributed by atoms with Gasteiger partial charge < -0.3 is 19.7 Å². The summed E-state index contributed by atoms with van der Waals surface area (Å²) in [5.41, 5.74) is 1.59. The van der Waals surface area contributed by atoms with Gasteiger partial charge in [0.1, 0.15) is 5.69 Å². The second-order valence-corrected chi connectivity index (χ2v) is 4.79. The van der Waals surface area contributed by atoms with Crippen LogP contribution in [0.2, 0.25) is 0 Å². The molecule has 0 fully saturated rings. The first-order chi connectivity index (χ1) is 9.67. The van der Waals surface area contributed by atoms with Crippen LogP contribution in [0.3, 0.4) is 0 Å². The Hall–Kier alpha value is -1.85. The molecule has 2 N–H and O–H groups in total. The number of ether oxygens (including phenoxy) is 1. The molecule has 1 unspecified atom stereocenters. The average molecular weight is 276 g/mol. The van der Waals surface area contributed by atoms with E-state index in [4.69, 9.17) is 9.84 Å². The summed E-state index contributed by atoms with van der Waals surface area (Å²) in [5.74, 6) is -0.182. The van der Waals surface area contributed by atoms with Gasteiger partial charge in [0, 0.05) is 30.6 Å². The smallest absolute Gasteiger partial charge is 0.268 e. The molecule has 0 saturated heterocycles. The Kier molecular flexibility index (Phi) is 4.76. The first-order valence-corrected chi connectivity index (χ1v) is 6.66. The number of fused-ring (bicyclic) bond motifs is 1. The summed E-state index contributed by atoms with van der Waals surface area (Å²) >= 11 is 0. The maximum absolute atomic E-state index is 12.3. The quantitative estimate of drug-likeness (QED) is 0.838. The maximum atomic E-state index is 12.3. The van der Waals surface area contributed by atoms with Crippen molar-refractivity contribution in [2.24, 2.45) is 0 Å². The van der Waals surface area contributed by atoms with Crippen LogP contribution in [0.15, 0.2) is 30.3 Å². The Morgan fingerprint density at radius 3 is 2.90 bits per heavy atom. The lowest BCUT2D eigenvalue weighted by Gasteiger charge is -2.13. The van der Waals surface area contributed by atoms with E-state index in [1.807, 2.05) is 34.9 Å². The van der Waals surface area contributed by atoms with E-state index in [1.54, 1.807) is 14.0 Å². The number of carbonyl (C=O) groups is 1. The van der Waals surface area contributed by atoms with Crippen LogP contribution in [-0.2, 0) is 11.3 Å². The fourth-order valence-electron chi connectivity index (χ4n) is 2.17. The van der Waals surface area contributed by atoms with Gasteiger partial charge in [-0.3, -0.25) is 4.79 Å². The fraction of sp³-hybridized carbons (Fsp3) is 0.400.